The highest BCUT2D eigenvalue weighted by Crippen LogP contribution is 2.02. The van der Waals surface area contributed by atoms with E-state index in [1.54, 1.807) is 0 Å². The van der Waals surface area contributed by atoms with E-state index in [4.69, 9.17) is 0 Å². The van der Waals surface area contributed by atoms with Gasteiger partial charge in [0.05, 0.1) is 0 Å². The van der Waals surface area contributed by atoms with Crippen molar-refractivity contribution >= 4 is 17.6 Å². The van der Waals surface area contributed by atoms with Crippen molar-refractivity contribution in [2.45, 2.75) is 124 Å². The average Bonchev–Trinajstić information content (AvgIpc) is 2.53. The Morgan fingerprint density at radius 2 is 0.619 bits per heavy atom. The van der Waals surface area contributed by atoms with Crippen LogP contribution < -0.4 is 0 Å². The van der Waals surface area contributed by atoms with E-state index in [-0.39, 0.29) is 17.6 Å². The Labute approximate surface area is 141 Å². The lowest BCUT2D eigenvalue weighted by atomic mass is 10.2. The summed E-state index contributed by atoms with van der Waals surface area (Å²) in [6.07, 6.45) is 7.01. The average molecular weight is 333 g/mol. The number of hydrogen-bond donors (Lipinski definition) is 0. The van der Waals surface area contributed by atoms with Crippen LogP contribution >= 0.6 is 0 Å². The minimum absolute atomic E-state index is 0.171. The van der Waals surface area contributed by atoms with Crippen LogP contribution in [0.2, 0.25) is 36.3 Å². The van der Waals surface area contributed by atoms with Gasteiger partial charge in [0.2, 0.25) is 0 Å². The van der Waals surface area contributed by atoms with Gasteiger partial charge in [-0.15, -0.1) is 0 Å². The Morgan fingerprint density at radius 1 is 0.381 bits per heavy atom. The van der Waals surface area contributed by atoms with Crippen LogP contribution in [-0.2, 0) is 0 Å². The molecule has 0 atom stereocenters. The van der Waals surface area contributed by atoms with E-state index in [2.05, 4.69) is 55.4 Å². The van der Waals surface area contributed by atoms with Gasteiger partial charge in [0.25, 0.3) is 0 Å². The molecule has 0 aliphatic heterocycles. The first kappa shape index (κ1) is 26.3. The SMILES string of the molecule is CCCCCCC.CC[SiH](CC)CC.CC[SiH](CC)CC. The van der Waals surface area contributed by atoms with Gasteiger partial charge in [0.1, 0.15) is 0 Å². The Morgan fingerprint density at radius 3 is 0.714 bits per heavy atom. The topological polar surface area (TPSA) is 0 Å². The quantitative estimate of drug-likeness (QED) is 0.286. The number of hydrogen-bond acceptors (Lipinski definition) is 0. The van der Waals surface area contributed by atoms with Crippen LogP contribution in [0.4, 0.5) is 0 Å². The fraction of sp³-hybridized carbons (Fsp3) is 1.00. The molecule has 0 aromatic rings. The van der Waals surface area contributed by atoms with Gasteiger partial charge in [0, 0.05) is 17.6 Å². The van der Waals surface area contributed by atoms with Crippen molar-refractivity contribution in [3.63, 3.8) is 0 Å². The lowest BCUT2D eigenvalue weighted by Gasteiger charge is -2.03. The zero-order chi connectivity index (χ0) is 16.9. The Kier molecular flexibility index (Phi) is 31.8. The Balaban J connectivity index is -0.000000231. The lowest BCUT2D eigenvalue weighted by Crippen LogP contribution is -2.04. The molecule has 0 rings (SSSR count). The van der Waals surface area contributed by atoms with E-state index in [1.807, 2.05) is 0 Å². The third-order valence-electron chi connectivity index (χ3n) is 4.67. The van der Waals surface area contributed by atoms with Crippen molar-refractivity contribution < 1.29 is 0 Å². The van der Waals surface area contributed by atoms with Crippen LogP contribution in [0.3, 0.4) is 0 Å². The second-order valence-electron chi connectivity index (χ2n) is 6.24. The maximum absolute atomic E-state index is 2.32. The monoisotopic (exact) mass is 332 g/mol. The summed E-state index contributed by atoms with van der Waals surface area (Å²) in [5.41, 5.74) is 0. The molecule has 0 amide bonds. The molecule has 0 saturated carbocycles. The molecule has 0 heterocycles. The first-order valence-corrected chi connectivity index (χ1v) is 15.0. The summed E-state index contributed by atoms with van der Waals surface area (Å²) >= 11 is 0. The minimum atomic E-state index is -0.171. The van der Waals surface area contributed by atoms with E-state index in [9.17, 15) is 0 Å². The van der Waals surface area contributed by atoms with E-state index in [0.29, 0.717) is 0 Å². The van der Waals surface area contributed by atoms with Gasteiger partial charge in [-0.05, 0) is 0 Å². The summed E-state index contributed by atoms with van der Waals surface area (Å²) in [5.74, 6) is 0. The van der Waals surface area contributed by atoms with Crippen LogP contribution in [0.1, 0.15) is 87.5 Å². The lowest BCUT2D eigenvalue weighted by molar-refractivity contribution is 0.656. The third-order valence-corrected chi connectivity index (χ3v) is 11.6. The molecular formula is C19H48Si2. The van der Waals surface area contributed by atoms with Gasteiger partial charge in [-0.3, -0.25) is 0 Å². The largest absolute Gasteiger partial charge is 0.0680 e. The van der Waals surface area contributed by atoms with E-state index in [0.717, 1.165) is 0 Å². The van der Waals surface area contributed by atoms with E-state index in [1.165, 1.54) is 68.4 Å². The summed E-state index contributed by atoms with van der Waals surface area (Å²) in [4.78, 5) is 0. The second kappa shape index (κ2) is 25.4. The maximum atomic E-state index is 2.32. The molecule has 0 bridgehead atoms. The molecule has 0 radical (unpaired) electrons. The third kappa shape index (κ3) is 25.7. The fourth-order valence-electron chi connectivity index (χ4n) is 2.41. The van der Waals surface area contributed by atoms with E-state index < -0.39 is 0 Å². The standard InChI is InChI=1S/C7H16.2C6H16Si/c1-3-5-7-6-4-2;2*1-4-7(5-2)6-3/h3-7H2,1-2H3;2*7H,4-6H2,1-3H3. The van der Waals surface area contributed by atoms with Crippen molar-refractivity contribution in [3.8, 4) is 0 Å². The molecule has 0 aliphatic rings. The minimum Gasteiger partial charge on any atom is -0.0680 e. The number of rotatable bonds is 10. The molecule has 0 unspecified atom stereocenters. The molecule has 21 heavy (non-hydrogen) atoms. The van der Waals surface area contributed by atoms with Gasteiger partial charge in [0.15, 0.2) is 0 Å². The molecule has 0 aromatic heterocycles. The molecule has 0 N–H and O–H groups in total. The molecule has 2 heteroatoms. The van der Waals surface area contributed by atoms with Crippen molar-refractivity contribution in [2.24, 2.45) is 0 Å². The highest BCUT2D eigenvalue weighted by atomic mass is 28.3. The maximum Gasteiger partial charge on any atom is 0.0359 e. The zero-order valence-corrected chi connectivity index (χ0v) is 19.2. The second-order valence-corrected chi connectivity index (χ2v) is 14.6. The smallest absolute Gasteiger partial charge is 0.0359 e. The molecule has 0 saturated heterocycles. The van der Waals surface area contributed by atoms with Gasteiger partial charge >= 0.3 is 0 Å². The van der Waals surface area contributed by atoms with Gasteiger partial charge in [-0.2, -0.15) is 0 Å². The summed E-state index contributed by atoms with van der Waals surface area (Å²) in [5, 5.41) is 0. The van der Waals surface area contributed by atoms with Crippen LogP contribution in [0.25, 0.3) is 0 Å². The molecular weight excluding hydrogens is 284 g/mol. The molecule has 0 spiro atoms. The van der Waals surface area contributed by atoms with Crippen molar-refractivity contribution in [1.29, 1.82) is 0 Å². The summed E-state index contributed by atoms with van der Waals surface area (Å²) < 4.78 is 0. The first-order valence-electron chi connectivity index (χ1n) is 10.1. The summed E-state index contributed by atoms with van der Waals surface area (Å²) in [6.45, 7) is 18.4. The van der Waals surface area contributed by atoms with Gasteiger partial charge in [-0.1, -0.05) is 124 Å². The van der Waals surface area contributed by atoms with Gasteiger partial charge < -0.3 is 0 Å². The predicted molar refractivity (Wildman–Crippen MR) is 112 cm³/mol. The molecule has 0 fully saturated rings. The first-order chi connectivity index (χ1) is 10.1. The highest BCUT2D eigenvalue weighted by molar-refractivity contribution is 6.58. The normalized spacial score (nSPS) is 10.0. The Bertz CT molecular complexity index is 113. The van der Waals surface area contributed by atoms with Crippen molar-refractivity contribution in [2.75, 3.05) is 0 Å². The van der Waals surface area contributed by atoms with Gasteiger partial charge in [-0.25, -0.2) is 0 Å². The Hall–Kier alpha value is 0.434. The highest BCUT2D eigenvalue weighted by Gasteiger charge is 1.98. The van der Waals surface area contributed by atoms with Crippen molar-refractivity contribution in [3.05, 3.63) is 0 Å². The predicted octanol–water partition coefficient (Wildman–Crippen LogP) is 7.52. The zero-order valence-electron chi connectivity index (χ0n) is 16.9. The molecule has 0 aliphatic carbocycles. The van der Waals surface area contributed by atoms with Crippen LogP contribution in [0, 0.1) is 0 Å². The fourth-order valence-corrected chi connectivity index (χ4v) is 5.87. The van der Waals surface area contributed by atoms with Crippen molar-refractivity contribution in [1.82, 2.24) is 0 Å². The van der Waals surface area contributed by atoms with E-state index >= 15 is 0 Å². The van der Waals surface area contributed by atoms with Crippen LogP contribution in [0.5, 0.6) is 0 Å². The molecule has 0 nitrogen and oxygen atoms in total. The van der Waals surface area contributed by atoms with Crippen LogP contribution in [-0.4, -0.2) is 17.6 Å². The molecule has 0 aromatic carbocycles. The number of unbranched alkanes of at least 4 members (excludes halogenated alkanes) is 4. The molecule has 132 valence electrons. The van der Waals surface area contributed by atoms with Crippen LogP contribution in [0.15, 0.2) is 0 Å². The summed E-state index contributed by atoms with van der Waals surface area (Å²) in [6, 6.07) is 8.96. The summed E-state index contributed by atoms with van der Waals surface area (Å²) in [7, 11) is -0.343.